The number of benzene rings is 1. The van der Waals surface area contributed by atoms with E-state index < -0.39 is 0 Å². The normalized spacial score (nSPS) is 12.6. The van der Waals surface area contributed by atoms with Crippen LogP contribution in [0.15, 0.2) is 30.5 Å². The highest BCUT2D eigenvalue weighted by atomic mass is 35.5. The molecule has 0 spiro atoms. The van der Waals surface area contributed by atoms with Gasteiger partial charge in [0.25, 0.3) is 0 Å². The summed E-state index contributed by atoms with van der Waals surface area (Å²) in [5.74, 6) is 5.19. The van der Waals surface area contributed by atoms with E-state index in [2.05, 4.69) is 10.5 Å². The molecule has 0 fully saturated rings. The van der Waals surface area contributed by atoms with Gasteiger partial charge in [-0.3, -0.25) is 16.0 Å². The second-order valence-corrected chi connectivity index (χ2v) is 5.17. The molecule has 0 aliphatic rings. The standard InChI is InChI=1S/C14H18ClFN4/c1-20-12(7-8-18-20)6-5-11(19-17)9-10-3-2-4-13(15)14(10)16/h2-4,7-8,11,19H,5-6,9,17H2,1H3. The molecule has 0 bridgehead atoms. The summed E-state index contributed by atoms with van der Waals surface area (Å²) in [5.41, 5.74) is 4.44. The van der Waals surface area contributed by atoms with Crippen LogP contribution < -0.4 is 11.3 Å². The Morgan fingerprint density at radius 2 is 2.25 bits per heavy atom. The van der Waals surface area contributed by atoms with Crippen LogP contribution in [0.1, 0.15) is 17.7 Å². The number of hydrogen-bond donors (Lipinski definition) is 2. The molecule has 0 aliphatic heterocycles. The summed E-state index contributed by atoms with van der Waals surface area (Å²) in [6.45, 7) is 0. The van der Waals surface area contributed by atoms with E-state index in [0.717, 1.165) is 18.5 Å². The molecule has 1 aromatic carbocycles. The summed E-state index contributed by atoms with van der Waals surface area (Å²) in [7, 11) is 1.90. The minimum atomic E-state index is -0.366. The molecule has 3 N–H and O–H groups in total. The minimum absolute atomic E-state index is 0.0159. The van der Waals surface area contributed by atoms with Gasteiger partial charge in [-0.05, 0) is 37.0 Å². The Bertz CT molecular complexity index is 570. The van der Waals surface area contributed by atoms with Crippen LogP contribution in [0.2, 0.25) is 5.02 Å². The van der Waals surface area contributed by atoms with Crippen molar-refractivity contribution in [3.8, 4) is 0 Å². The Hall–Kier alpha value is -1.43. The molecule has 0 aliphatic carbocycles. The predicted molar refractivity (Wildman–Crippen MR) is 77.8 cm³/mol. The van der Waals surface area contributed by atoms with Crippen LogP contribution in [0, 0.1) is 5.82 Å². The lowest BCUT2D eigenvalue weighted by atomic mass is 10.0. The Balaban J connectivity index is 1.99. The number of rotatable bonds is 6. The van der Waals surface area contributed by atoms with E-state index in [4.69, 9.17) is 17.4 Å². The first-order chi connectivity index (χ1) is 9.61. The van der Waals surface area contributed by atoms with Crippen LogP contribution in [0.5, 0.6) is 0 Å². The third-order valence-corrected chi connectivity index (χ3v) is 3.70. The largest absolute Gasteiger partial charge is 0.273 e. The van der Waals surface area contributed by atoms with Gasteiger partial charge in [0.05, 0.1) is 5.02 Å². The maximum atomic E-state index is 13.9. The molecule has 2 rings (SSSR count). The number of hydrogen-bond acceptors (Lipinski definition) is 3. The minimum Gasteiger partial charge on any atom is -0.273 e. The summed E-state index contributed by atoms with van der Waals surface area (Å²) in [5, 5.41) is 4.26. The van der Waals surface area contributed by atoms with E-state index in [9.17, 15) is 4.39 Å². The molecular formula is C14H18ClFN4. The van der Waals surface area contributed by atoms with Crippen LogP contribution in [0.4, 0.5) is 4.39 Å². The molecule has 0 saturated carbocycles. The van der Waals surface area contributed by atoms with Crippen LogP contribution in [-0.2, 0) is 19.9 Å². The van der Waals surface area contributed by atoms with Gasteiger partial charge in [-0.2, -0.15) is 5.10 Å². The first-order valence-electron chi connectivity index (χ1n) is 6.47. The fourth-order valence-electron chi connectivity index (χ4n) is 2.18. The third kappa shape index (κ3) is 3.56. The number of nitrogens with one attached hydrogen (secondary N) is 1. The molecule has 0 saturated heterocycles. The summed E-state index contributed by atoms with van der Waals surface area (Å²) in [6, 6.07) is 6.97. The Labute approximate surface area is 122 Å². The van der Waals surface area contributed by atoms with Crippen molar-refractivity contribution in [2.75, 3.05) is 0 Å². The van der Waals surface area contributed by atoms with Gasteiger partial charge in [-0.1, -0.05) is 23.7 Å². The van der Waals surface area contributed by atoms with Crippen molar-refractivity contribution in [3.63, 3.8) is 0 Å². The van der Waals surface area contributed by atoms with Crippen molar-refractivity contribution >= 4 is 11.6 Å². The van der Waals surface area contributed by atoms with Crippen molar-refractivity contribution in [2.24, 2.45) is 12.9 Å². The highest BCUT2D eigenvalue weighted by molar-refractivity contribution is 6.30. The number of nitrogens with two attached hydrogens (primary N) is 1. The van der Waals surface area contributed by atoms with Gasteiger partial charge < -0.3 is 0 Å². The number of hydrazine groups is 1. The van der Waals surface area contributed by atoms with Gasteiger partial charge in [0.15, 0.2) is 0 Å². The van der Waals surface area contributed by atoms with E-state index in [1.807, 2.05) is 17.8 Å². The first-order valence-corrected chi connectivity index (χ1v) is 6.85. The molecule has 1 heterocycles. The van der Waals surface area contributed by atoms with Crippen molar-refractivity contribution in [1.82, 2.24) is 15.2 Å². The van der Waals surface area contributed by atoms with Crippen LogP contribution in [0.25, 0.3) is 0 Å². The fourth-order valence-corrected chi connectivity index (χ4v) is 2.38. The lowest BCUT2D eigenvalue weighted by Gasteiger charge is -2.16. The molecular weight excluding hydrogens is 279 g/mol. The monoisotopic (exact) mass is 296 g/mol. The van der Waals surface area contributed by atoms with Gasteiger partial charge in [0, 0.05) is 25.0 Å². The lowest BCUT2D eigenvalue weighted by Crippen LogP contribution is -2.37. The second kappa shape index (κ2) is 6.83. The van der Waals surface area contributed by atoms with E-state index in [1.165, 1.54) is 0 Å². The van der Waals surface area contributed by atoms with Crippen LogP contribution >= 0.6 is 11.6 Å². The van der Waals surface area contributed by atoms with Crippen LogP contribution in [-0.4, -0.2) is 15.8 Å². The van der Waals surface area contributed by atoms with E-state index in [1.54, 1.807) is 24.4 Å². The van der Waals surface area contributed by atoms with Gasteiger partial charge in [0.1, 0.15) is 5.82 Å². The van der Waals surface area contributed by atoms with Crippen molar-refractivity contribution in [3.05, 3.63) is 52.6 Å². The Morgan fingerprint density at radius 3 is 2.90 bits per heavy atom. The number of aryl methyl sites for hydroxylation is 2. The maximum absolute atomic E-state index is 13.9. The summed E-state index contributed by atoms with van der Waals surface area (Å²) in [6.07, 6.45) is 3.88. The molecule has 4 nitrogen and oxygen atoms in total. The van der Waals surface area contributed by atoms with Crippen molar-refractivity contribution in [1.29, 1.82) is 0 Å². The predicted octanol–water partition coefficient (Wildman–Crippen LogP) is 2.22. The van der Waals surface area contributed by atoms with E-state index >= 15 is 0 Å². The van der Waals surface area contributed by atoms with Gasteiger partial charge in [-0.25, -0.2) is 4.39 Å². The highest BCUT2D eigenvalue weighted by Crippen LogP contribution is 2.20. The zero-order valence-corrected chi connectivity index (χ0v) is 12.1. The lowest BCUT2D eigenvalue weighted by molar-refractivity contribution is 0.474. The van der Waals surface area contributed by atoms with Gasteiger partial charge >= 0.3 is 0 Å². The Morgan fingerprint density at radius 1 is 1.45 bits per heavy atom. The van der Waals surface area contributed by atoms with Crippen molar-refractivity contribution in [2.45, 2.75) is 25.3 Å². The highest BCUT2D eigenvalue weighted by Gasteiger charge is 2.13. The fraction of sp³-hybridized carbons (Fsp3) is 0.357. The summed E-state index contributed by atoms with van der Waals surface area (Å²) >= 11 is 5.78. The molecule has 0 amide bonds. The van der Waals surface area contributed by atoms with Crippen molar-refractivity contribution < 1.29 is 4.39 Å². The first kappa shape index (κ1) is 15.0. The average Bonchev–Trinajstić information content (AvgIpc) is 2.85. The summed E-state index contributed by atoms with van der Waals surface area (Å²) < 4.78 is 15.7. The number of halogens is 2. The van der Waals surface area contributed by atoms with E-state index in [-0.39, 0.29) is 16.9 Å². The number of aromatic nitrogens is 2. The van der Waals surface area contributed by atoms with E-state index in [0.29, 0.717) is 12.0 Å². The molecule has 1 unspecified atom stereocenters. The zero-order chi connectivity index (χ0) is 14.5. The molecule has 108 valence electrons. The third-order valence-electron chi connectivity index (χ3n) is 3.40. The van der Waals surface area contributed by atoms with Gasteiger partial charge in [0.2, 0.25) is 0 Å². The SMILES string of the molecule is Cn1nccc1CCC(Cc1cccc(Cl)c1F)NN. The topological polar surface area (TPSA) is 55.9 Å². The van der Waals surface area contributed by atoms with Gasteiger partial charge in [-0.15, -0.1) is 0 Å². The van der Waals surface area contributed by atoms with Crippen LogP contribution in [0.3, 0.4) is 0 Å². The molecule has 1 aromatic heterocycles. The summed E-state index contributed by atoms with van der Waals surface area (Å²) in [4.78, 5) is 0. The average molecular weight is 297 g/mol. The second-order valence-electron chi connectivity index (χ2n) is 4.77. The Kier molecular flexibility index (Phi) is 5.11. The quantitative estimate of drug-likeness (QED) is 0.635. The molecule has 1 atom stereocenters. The molecule has 0 radical (unpaired) electrons. The molecule has 20 heavy (non-hydrogen) atoms. The molecule has 6 heteroatoms. The maximum Gasteiger partial charge on any atom is 0.145 e. The number of nitrogens with zero attached hydrogens (tertiary/aromatic N) is 2. The smallest absolute Gasteiger partial charge is 0.145 e. The molecule has 2 aromatic rings. The zero-order valence-electron chi connectivity index (χ0n) is 11.3.